The number of piperidine rings is 1. The van der Waals surface area contributed by atoms with Gasteiger partial charge in [-0.3, -0.25) is 14.3 Å². The fourth-order valence-electron chi connectivity index (χ4n) is 5.26. The molecule has 0 spiro atoms. The maximum absolute atomic E-state index is 13.2. The summed E-state index contributed by atoms with van der Waals surface area (Å²) in [6.07, 6.45) is -3.34. The van der Waals surface area contributed by atoms with Crippen LogP contribution in [-0.2, 0) is 14.8 Å². The van der Waals surface area contributed by atoms with Crippen LogP contribution in [0.25, 0.3) is 11.1 Å². The molecule has 0 saturated carbocycles. The number of amides is 1. The molecular weight excluding hydrogens is 583 g/mol. The second-order valence-corrected chi connectivity index (χ2v) is 12.6. The molecule has 0 aromatic heterocycles. The van der Waals surface area contributed by atoms with Crippen molar-refractivity contribution in [3.63, 3.8) is 0 Å². The Morgan fingerprint density at radius 3 is 2.21 bits per heavy atom. The van der Waals surface area contributed by atoms with Crippen LogP contribution >= 0.6 is 0 Å². The van der Waals surface area contributed by atoms with Gasteiger partial charge in [0.1, 0.15) is 0 Å². The Hall–Kier alpha value is -4.06. The average Bonchev–Trinajstić information content (AvgIpc) is 2.94. The third-order valence-corrected chi connectivity index (χ3v) is 8.02. The van der Waals surface area contributed by atoms with Gasteiger partial charge in [-0.15, -0.1) is 0 Å². The maximum atomic E-state index is 13.2. The molecule has 2 atom stereocenters. The third-order valence-electron chi connectivity index (χ3n) is 7.41. The first-order chi connectivity index (χ1) is 20.2. The van der Waals surface area contributed by atoms with Crippen molar-refractivity contribution in [1.82, 2.24) is 4.90 Å². The molecule has 0 radical (unpaired) electrons. The standard InChI is InChI=1S/C31H34F3N3O5S/c1-20-18-23(21-5-12-26(13-6-21)36-43(2,41)42)9-14-27(20)28(15-16-31(32,33)34)35-25-10-7-22(8-11-25)29(38)37-17-3-4-24(19-37)30(39)40/h5-14,18,24,28,35-36H,3-4,15-17,19H2,1-2H3,(H,39,40)/t24-,28?/m1/s1. The number of benzene rings is 3. The predicted octanol–water partition coefficient (Wildman–Crippen LogP) is 6.47. The molecule has 3 aromatic rings. The van der Waals surface area contributed by atoms with Gasteiger partial charge in [-0.2, -0.15) is 13.2 Å². The fourth-order valence-corrected chi connectivity index (χ4v) is 5.82. The van der Waals surface area contributed by atoms with Crippen LogP contribution in [-0.4, -0.2) is 55.8 Å². The van der Waals surface area contributed by atoms with Gasteiger partial charge in [0.15, 0.2) is 0 Å². The molecule has 1 unspecified atom stereocenters. The molecule has 3 aromatic carbocycles. The van der Waals surface area contributed by atoms with E-state index in [9.17, 15) is 36.3 Å². The highest BCUT2D eigenvalue weighted by Gasteiger charge is 2.30. The molecule has 1 amide bonds. The SMILES string of the molecule is Cc1cc(-c2ccc(NS(C)(=O)=O)cc2)ccc1C(CCC(F)(F)F)Nc1ccc(C(=O)N2CCC[C@@H](C(=O)O)C2)cc1. The van der Waals surface area contributed by atoms with Crippen LogP contribution in [0.4, 0.5) is 24.5 Å². The number of likely N-dealkylation sites (tertiary alicyclic amines) is 1. The van der Waals surface area contributed by atoms with Gasteiger partial charge in [-0.1, -0.05) is 30.3 Å². The number of carbonyl (C=O) groups excluding carboxylic acids is 1. The summed E-state index contributed by atoms with van der Waals surface area (Å²) in [7, 11) is -3.41. The summed E-state index contributed by atoms with van der Waals surface area (Å²) in [4.78, 5) is 25.9. The number of rotatable bonds is 10. The van der Waals surface area contributed by atoms with E-state index in [0.29, 0.717) is 41.9 Å². The van der Waals surface area contributed by atoms with Crippen LogP contribution in [0.15, 0.2) is 66.7 Å². The fraction of sp³-hybridized carbons (Fsp3) is 0.355. The van der Waals surface area contributed by atoms with Crippen molar-refractivity contribution in [2.24, 2.45) is 5.92 Å². The lowest BCUT2D eigenvalue weighted by atomic mass is 9.93. The van der Waals surface area contributed by atoms with E-state index in [2.05, 4.69) is 10.0 Å². The van der Waals surface area contributed by atoms with E-state index in [1.54, 1.807) is 54.6 Å². The van der Waals surface area contributed by atoms with Crippen LogP contribution in [0.3, 0.4) is 0 Å². The van der Waals surface area contributed by atoms with Crippen molar-refractivity contribution in [1.29, 1.82) is 0 Å². The first-order valence-electron chi connectivity index (χ1n) is 13.8. The predicted molar refractivity (Wildman–Crippen MR) is 159 cm³/mol. The zero-order chi connectivity index (χ0) is 31.4. The largest absolute Gasteiger partial charge is 0.481 e. The molecule has 230 valence electrons. The Bertz CT molecular complexity index is 1560. The second-order valence-electron chi connectivity index (χ2n) is 10.9. The zero-order valence-corrected chi connectivity index (χ0v) is 24.6. The lowest BCUT2D eigenvalue weighted by Gasteiger charge is -2.30. The Kier molecular flexibility index (Phi) is 9.69. The van der Waals surface area contributed by atoms with Gasteiger partial charge in [0.05, 0.1) is 18.2 Å². The van der Waals surface area contributed by atoms with Crippen LogP contribution < -0.4 is 10.0 Å². The lowest BCUT2D eigenvalue weighted by molar-refractivity contribution is -0.143. The van der Waals surface area contributed by atoms with E-state index >= 15 is 0 Å². The molecule has 1 aliphatic rings. The lowest BCUT2D eigenvalue weighted by Crippen LogP contribution is -2.42. The summed E-state index contributed by atoms with van der Waals surface area (Å²) >= 11 is 0. The van der Waals surface area contributed by atoms with Crippen molar-refractivity contribution in [3.8, 4) is 11.1 Å². The number of hydrogen-bond acceptors (Lipinski definition) is 5. The number of carboxylic acids is 1. The summed E-state index contributed by atoms with van der Waals surface area (Å²) in [6.45, 7) is 2.44. The molecule has 8 nitrogen and oxygen atoms in total. The number of anilines is 2. The molecule has 1 aliphatic heterocycles. The molecule has 0 bridgehead atoms. The smallest absolute Gasteiger partial charge is 0.389 e. The molecular formula is C31H34F3N3O5S. The first-order valence-corrected chi connectivity index (χ1v) is 15.7. The Labute approximate surface area is 249 Å². The minimum Gasteiger partial charge on any atom is -0.481 e. The van der Waals surface area contributed by atoms with Crippen LogP contribution in [0.5, 0.6) is 0 Å². The quantitative estimate of drug-likeness (QED) is 0.240. The minimum atomic E-state index is -4.34. The molecule has 0 aliphatic carbocycles. The Morgan fingerprint density at radius 2 is 1.63 bits per heavy atom. The van der Waals surface area contributed by atoms with Crippen molar-refractivity contribution in [2.75, 3.05) is 29.4 Å². The highest BCUT2D eigenvalue weighted by Crippen LogP contribution is 2.34. The molecule has 3 N–H and O–H groups in total. The first kappa shape index (κ1) is 31.9. The molecule has 1 heterocycles. The van der Waals surface area contributed by atoms with Crippen LogP contribution in [0.2, 0.25) is 0 Å². The summed E-state index contributed by atoms with van der Waals surface area (Å²) in [5.41, 5.74) is 4.45. The minimum absolute atomic E-state index is 0.143. The van der Waals surface area contributed by atoms with Gasteiger partial charge in [0, 0.05) is 36.4 Å². The van der Waals surface area contributed by atoms with E-state index < -0.39 is 40.5 Å². The van der Waals surface area contributed by atoms with Crippen molar-refractivity contribution in [3.05, 3.63) is 83.4 Å². The summed E-state index contributed by atoms with van der Waals surface area (Å²) in [5, 5.41) is 12.5. The van der Waals surface area contributed by atoms with Gasteiger partial charge >= 0.3 is 12.1 Å². The zero-order valence-electron chi connectivity index (χ0n) is 23.8. The molecule has 43 heavy (non-hydrogen) atoms. The number of carbonyl (C=O) groups is 2. The van der Waals surface area contributed by atoms with Crippen molar-refractivity contribution < 1.29 is 36.3 Å². The number of nitrogens with one attached hydrogen (secondary N) is 2. The van der Waals surface area contributed by atoms with Gasteiger partial charge < -0.3 is 15.3 Å². The maximum Gasteiger partial charge on any atom is 0.389 e. The molecule has 1 saturated heterocycles. The third kappa shape index (κ3) is 8.96. The molecule has 1 fully saturated rings. The van der Waals surface area contributed by atoms with E-state index in [4.69, 9.17) is 0 Å². The molecule has 4 rings (SSSR count). The number of aliphatic carboxylic acids is 1. The van der Waals surface area contributed by atoms with E-state index in [1.807, 2.05) is 19.1 Å². The highest BCUT2D eigenvalue weighted by molar-refractivity contribution is 7.92. The number of alkyl halides is 3. The highest BCUT2D eigenvalue weighted by atomic mass is 32.2. The summed E-state index contributed by atoms with van der Waals surface area (Å²) in [6, 6.07) is 18.1. The number of aryl methyl sites for hydroxylation is 1. The summed E-state index contributed by atoms with van der Waals surface area (Å²) < 4.78 is 65.1. The normalized spacial score (nSPS) is 16.4. The number of sulfonamides is 1. The summed E-state index contributed by atoms with van der Waals surface area (Å²) in [5.74, 6) is -1.80. The Balaban J connectivity index is 1.51. The average molecular weight is 618 g/mol. The number of halogens is 3. The van der Waals surface area contributed by atoms with Crippen molar-refractivity contribution >= 4 is 33.3 Å². The second kappa shape index (κ2) is 13.1. The van der Waals surface area contributed by atoms with Crippen LogP contribution in [0.1, 0.15) is 53.2 Å². The van der Waals surface area contributed by atoms with Crippen molar-refractivity contribution in [2.45, 2.75) is 44.8 Å². The van der Waals surface area contributed by atoms with Gasteiger partial charge in [0.2, 0.25) is 10.0 Å². The Morgan fingerprint density at radius 1 is 1.00 bits per heavy atom. The number of nitrogens with zero attached hydrogens (tertiary/aromatic N) is 1. The van der Waals surface area contributed by atoms with E-state index in [-0.39, 0.29) is 18.9 Å². The molecule has 12 heteroatoms. The van der Waals surface area contributed by atoms with E-state index in [0.717, 1.165) is 22.9 Å². The van der Waals surface area contributed by atoms with Gasteiger partial charge in [-0.05, 0) is 84.8 Å². The van der Waals surface area contributed by atoms with Crippen LogP contribution in [0, 0.1) is 12.8 Å². The van der Waals surface area contributed by atoms with Gasteiger partial charge in [0.25, 0.3) is 5.91 Å². The topological polar surface area (TPSA) is 116 Å². The van der Waals surface area contributed by atoms with Gasteiger partial charge in [-0.25, -0.2) is 8.42 Å². The number of hydrogen-bond donors (Lipinski definition) is 3. The monoisotopic (exact) mass is 617 g/mol. The van der Waals surface area contributed by atoms with E-state index in [1.165, 1.54) is 4.90 Å². The number of carboxylic acid groups (broad SMARTS) is 1.